The molecular weight excluding hydrogens is 404 g/mol. The Kier molecular flexibility index (Phi) is 7.79. The number of carboxylic acid groups (broad SMARTS) is 1. The van der Waals surface area contributed by atoms with E-state index in [1.54, 1.807) is 6.92 Å². The van der Waals surface area contributed by atoms with Crippen molar-refractivity contribution >= 4 is 23.3 Å². The van der Waals surface area contributed by atoms with Gasteiger partial charge in [0.1, 0.15) is 0 Å². The Morgan fingerprint density at radius 2 is 1.40 bits per heavy atom. The van der Waals surface area contributed by atoms with E-state index in [1.807, 2.05) is 0 Å². The minimum Gasteiger partial charge on any atom is -0.502 e. The van der Waals surface area contributed by atoms with Crippen LogP contribution in [-0.2, 0) is 4.74 Å². The van der Waals surface area contributed by atoms with Crippen molar-refractivity contribution in [2.75, 3.05) is 14.2 Å². The lowest BCUT2D eigenvalue weighted by Crippen LogP contribution is -2.06. The third-order valence-electron chi connectivity index (χ3n) is 4.03. The third kappa shape index (κ3) is 4.98. The maximum Gasteiger partial charge on any atom is 0.338 e. The summed E-state index contributed by atoms with van der Waals surface area (Å²) in [6, 6.07) is 4.63. The van der Waals surface area contributed by atoms with Gasteiger partial charge in [-0.3, -0.25) is 20.2 Å². The van der Waals surface area contributed by atoms with Gasteiger partial charge in [0.2, 0.25) is 5.75 Å². The molecule has 2 aromatic carbocycles. The van der Waals surface area contributed by atoms with Crippen LogP contribution in [0.25, 0.3) is 0 Å². The van der Waals surface area contributed by atoms with E-state index < -0.39 is 33.2 Å². The standard InChI is InChI=1S/C10H11NO5.C8H7NO5/c1-6-7(10(12)16-3)4-5-8(11(13)14)9(6)15-2;1-4-5(8(11)12)2-3-6(7(4)10)9(13)14/h4-5H,1-3H3;2-3,10H,1H3,(H,11,12). The molecule has 30 heavy (non-hydrogen) atoms. The zero-order valence-corrected chi connectivity index (χ0v) is 16.4. The average molecular weight is 422 g/mol. The number of esters is 1. The van der Waals surface area contributed by atoms with Crippen LogP contribution in [0.5, 0.6) is 11.5 Å². The topological polar surface area (TPSA) is 179 Å². The minimum atomic E-state index is -1.23. The first-order valence-corrected chi connectivity index (χ1v) is 8.08. The highest BCUT2D eigenvalue weighted by Gasteiger charge is 2.22. The summed E-state index contributed by atoms with van der Waals surface area (Å²) < 4.78 is 9.48. The minimum absolute atomic E-state index is 0.00769. The number of phenols is 1. The number of nitro benzene ring substituents is 2. The van der Waals surface area contributed by atoms with Gasteiger partial charge in [-0.2, -0.15) is 0 Å². The first-order chi connectivity index (χ1) is 14.0. The number of ether oxygens (including phenoxy) is 2. The highest BCUT2D eigenvalue weighted by atomic mass is 16.6. The fraction of sp³-hybridized carbons (Fsp3) is 0.222. The van der Waals surface area contributed by atoms with Gasteiger partial charge in [-0.25, -0.2) is 9.59 Å². The number of methoxy groups -OCH3 is 2. The molecule has 0 unspecified atom stereocenters. The summed E-state index contributed by atoms with van der Waals surface area (Å²) >= 11 is 0. The summed E-state index contributed by atoms with van der Waals surface area (Å²) in [5, 5.41) is 39.0. The molecule has 12 nitrogen and oxygen atoms in total. The molecule has 2 N–H and O–H groups in total. The molecule has 0 radical (unpaired) electrons. The number of hydrogen-bond acceptors (Lipinski definition) is 9. The van der Waals surface area contributed by atoms with Crippen molar-refractivity contribution in [2.45, 2.75) is 13.8 Å². The number of hydrogen-bond donors (Lipinski definition) is 2. The van der Waals surface area contributed by atoms with Crippen LogP contribution in [0.4, 0.5) is 11.4 Å². The van der Waals surface area contributed by atoms with Crippen molar-refractivity contribution < 1.29 is 39.1 Å². The Balaban J connectivity index is 0.000000303. The van der Waals surface area contributed by atoms with Gasteiger partial charge in [0.25, 0.3) is 0 Å². The molecule has 0 aromatic heterocycles. The number of carbonyl (C=O) groups is 2. The number of carbonyl (C=O) groups excluding carboxylic acids is 1. The van der Waals surface area contributed by atoms with Crippen molar-refractivity contribution in [1.29, 1.82) is 0 Å². The zero-order valence-electron chi connectivity index (χ0n) is 16.4. The molecule has 12 heteroatoms. The van der Waals surface area contributed by atoms with E-state index in [9.17, 15) is 34.9 Å². The molecule has 0 aliphatic carbocycles. The number of carboxylic acids is 1. The van der Waals surface area contributed by atoms with Crippen LogP contribution in [0.1, 0.15) is 31.8 Å². The molecule has 2 rings (SSSR count). The summed E-state index contributed by atoms with van der Waals surface area (Å²) in [6.45, 7) is 2.88. The summed E-state index contributed by atoms with van der Waals surface area (Å²) in [5.74, 6) is -2.30. The summed E-state index contributed by atoms with van der Waals surface area (Å²) in [7, 11) is 2.56. The predicted octanol–water partition coefficient (Wildman–Crippen LogP) is 3.01. The highest BCUT2D eigenvalue weighted by Crippen LogP contribution is 2.33. The molecule has 0 atom stereocenters. The van der Waals surface area contributed by atoms with Crippen LogP contribution >= 0.6 is 0 Å². The SMILES string of the molecule is COC(=O)c1ccc([N+](=O)[O-])c(OC)c1C.Cc1c(C(=O)O)ccc([N+](=O)[O-])c1O. The van der Waals surface area contributed by atoms with Gasteiger partial charge in [0, 0.05) is 23.3 Å². The van der Waals surface area contributed by atoms with Gasteiger partial charge in [-0.1, -0.05) is 0 Å². The van der Waals surface area contributed by atoms with Crippen LogP contribution in [0, 0.1) is 34.1 Å². The predicted molar refractivity (Wildman–Crippen MR) is 102 cm³/mol. The summed E-state index contributed by atoms with van der Waals surface area (Å²) in [6.07, 6.45) is 0. The van der Waals surface area contributed by atoms with E-state index in [2.05, 4.69) is 4.74 Å². The molecule has 0 fully saturated rings. The molecule has 160 valence electrons. The molecule has 0 heterocycles. The molecule has 0 saturated heterocycles. The summed E-state index contributed by atoms with van der Waals surface area (Å²) in [4.78, 5) is 41.6. The highest BCUT2D eigenvalue weighted by molar-refractivity contribution is 5.92. The number of nitro groups is 2. The molecule has 2 aromatic rings. The van der Waals surface area contributed by atoms with Crippen LogP contribution < -0.4 is 4.74 Å². The van der Waals surface area contributed by atoms with Gasteiger partial charge in [0.15, 0.2) is 5.75 Å². The van der Waals surface area contributed by atoms with Gasteiger partial charge in [0.05, 0.1) is 35.2 Å². The Bertz CT molecular complexity index is 978. The fourth-order valence-electron chi connectivity index (χ4n) is 2.47. The normalized spacial score (nSPS) is 9.73. The van der Waals surface area contributed by atoms with Crippen LogP contribution in [0.3, 0.4) is 0 Å². The number of rotatable bonds is 5. The number of benzene rings is 2. The lowest BCUT2D eigenvalue weighted by molar-refractivity contribution is -0.386. The van der Waals surface area contributed by atoms with Gasteiger partial charge in [-0.05, 0) is 26.0 Å². The Labute approximate surface area is 169 Å². The quantitative estimate of drug-likeness (QED) is 0.413. The van der Waals surface area contributed by atoms with Crippen LogP contribution in [0.2, 0.25) is 0 Å². The lowest BCUT2D eigenvalue weighted by Gasteiger charge is -2.08. The molecule has 0 aliphatic heterocycles. The Morgan fingerprint density at radius 3 is 1.83 bits per heavy atom. The first kappa shape index (κ1) is 23.8. The van der Waals surface area contributed by atoms with E-state index in [4.69, 9.17) is 9.84 Å². The molecule has 0 aliphatic rings. The zero-order chi connectivity index (χ0) is 23.2. The van der Waals surface area contributed by atoms with Crippen molar-refractivity contribution in [1.82, 2.24) is 0 Å². The van der Waals surface area contributed by atoms with E-state index in [0.717, 1.165) is 12.1 Å². The maximum absolute atomic E-state index is 11.3. The molecule has 0 saturated carbocycles. The smallest absolute Gasteiger partial charge is 0.338 e. The van der Waals surface area contributed by atoms with Crippen molar-refractivity contribution in [2.24, 2.45) is 0 Å². The second-order valence-corrected chi connectivity index (χ2v) is 5.71. The first-order valence-electron chi connectivity index (χ1n) is 8.08. The van der Waals surface area contributed by atoms with Gasteiger partial charge < -0.3 is 19.7 Å². The van der Waals surface area contributed by atoms with E-state index in [1.165, 1.54) is 33.3 Å². The van der Waals surface area contributed by atoms with Gasteiger partial charge in [-0.15, -0.1) is 0 Å². The van der Waals surface area contributed by atoms with Crippen LogP contribution in [0.15, 0.2) is 24.3 Å². The fourth-order valence-corrected chi connectivity index (χ4v) is 2.47. The monoisotopic (exact) mass is 422 g/mol. The number of aromatic hydroxyl groups is 1. The largest absolute Gasteiger partial charge is 0.502 e. The summed E-state index contributed by atoms with van der Waals surface area (Å²) in [5.41, 5.74) is -0.173. The van der Waals surface area contributed by atoms with Crippen molar-refractivity contribution in [3.05, 3.63) is 66.7 Å². The maximum atomic E-state index is 11.3. The van der Waals surface area contributed by atoms with Crippen molar-refractivity contribution in [3.63, 3.8) is 0 Å². The Morgan fingerprint density at radius 1 is 0.900 bits per heavy atom. The second-order valence-electron chi connectivity index (χ2n) is 5.71. The van der Waals surface area contributed by atoms with E-state index in [-0.39, 0.29) is 28.1 Å². The molecule has 0 spiro atoms. The average Bonchev–Trinajstić information content (AvgIpc) is 2.68. The van der Waals surface area contributed by atoms with Crippen LogP contribution in [-0.4, -0.2) is 46.2 Å². The van der Waals surface area contributed by atoms with E-state index in [0.29, 0.717) is 5.56 Å². The molecule has 0 amide bonds. The van der Waals surface area contributed by atoms with Crippen molar-refractivity contribution in [3.8, 4) is 11.5 Å². The number of aromatic carboxylic acids is 1. The molecule has 0 bridgehead atoms. The number of phenolic OH excluding ortho intramolecular Hbond substituents is 1. The van der Waals surface area contributed by atoms with E-state index >= 15 is 0 Å². The third-order valence-corrected chi connectivity index (χ3v) is 4.03. The second kappa shape index (κ2) is 9.82. The van der Waals surface area contributed by atoms with Gasteiger partial charge >= 0.3 is 23.3 Å². The number of nitrogens with zero attached hydrogens (tertiary/aromatic N) is 2. The Hall–Kier alpha value is -4.22. The molecular formula is C18H18N2O10. The lowest BCUT2D eigenvalue weighted by atomic mass is 10.1.